The minimum absolute atomic E-state index is 0.0879. The van der Waals surface area contributed by atoms with E-state index in [2.05, 4.69) is 0 Å². The second kappa shape index (κ2) is 4.86. The zero-order valence-electron chi connectivity index (χ0n) is 12.8. The fraction of sp³-hybridized carbons (Fsp3) is 0.588. The van der Waals surface area contributed by atoms with Gasteiger partial charge in [0.05, 0.1) is 6.61 Å². The van der Waals surface area contributed by atoms with Crippen LogP contribution in [-0.4, -0.2) is 35.7 Å². The summed E-state index contributed by atoms with van der Waals surface area (Å²) >= 11 is 0. The van der Waals surface area contributed by atoms with E-state index >= 15 is 0 Å². The topological polar surface area (TPSA) is 54.0 Å². The summed E-state index contributed by atoms with van der Waals surface area (Å²) in [6.45, 7) is 4.12. The first-order chi connectivity index (χ1) is 10.5. The Kier molecular flexibility index (Phi) is 3.17. The number of benzene rings is 1. The first-order valence-corrected chi connectivity index (χ1v) is 7.72. The lowest BCUT2D eigenvalue weighted by molar-refractivity contribution is -0.250. The number of carbonyl (C=O) groups is 1. The van der Waals surface area contributed by atoms with Crippen LogP contribution in [0, 0.1) is 0 Å². The smallest absolute Gasteiger partial charge is 0.191 e. The number of carbonyl (C=O) groups excluding carboxylic acids is 1. The highest BCUT2D eigenvalue weighted by Crippen LogP contribution is 2.50. The van der Waals surface area contributed by atoms with Gasteiger partial charge >= 0.3 is 0 Å². The van der Waals surface area contributed by atoms with Gasteiger partial charge in [0, 0.05) is 6.42 Å². The first-order valence-electron chi connectivity index (χ1n) is 7.72. The van der Waals surface area contributed by atoms with E-state index < -0.39 is 23.8 Å². The van der Waals surface area contributed by atoms with Crippen LogP contribution < -0.4 is 0 Å². The van der Waals surface area contributed by atoms with Crippen LogP contribution >= 0.6 is 0 Å². The molecule has 1 aliphatic carbocycles. The Morgan fingerprint density at radius 2 is 1.95 bits per heavy atom. The lowest BCUT2D eigenvalue weighted by Crippen LogP contribution is -2.58. The van der Waals surface area contributed by atoms with Crippen molar-refractivity contribution in [3.63, 3.8) is 0 Å². The molecule has 118 valence electrons. The summed E-state index contributed by atoms with van der Waals surface area (Å²) in [4.78, 5) is 12.2. The highest BCUT2D eigenvalue weighted by molar-refractivity contribution is 5.94. The fourth-order valence-corrected chi connectivity index (χ4v) is 3.48. The van der Waals surface area contributed by atoms with Crippen molar-refractivity contribution in [2.75, 3.05) is 0 Å². The second-order valence-electron chi connectivity index (χ2n) is 6.62. The second-order valence-corrected chi connectivity index (χ2v) is 6.62. The normalized spacial score (nSPS) is 39.0. The van der Waals surface area contributed by atoms with Crippen molar-refractivity contribution < 1.29 is 23.7 Å². The molecular weight excluding hydrogens is 284 g/mol. The van der Waals surface area contributed by atoms with Gasteiger partial charge in [-0.25, -0.2) is 0 Å². The molecule has 5 nitrogen and oxygen atoms in total. The summed E-state index contributed by atoms with van der Waals surface area (Å²) in [6, 6.07) is 9.90. The summed E-state index contributed by atoms with van der Waals surface area (Å²) in [5.41, 5.74) is 0.187. The Hall–Kier alpha value is -1.27. The van der Waals surface area contributed by atoms with E-state index in [4.69, 9.17) is 18.9 Å². The standard InChI is InChI=1S/C17H20O5/c1-16(2)20-13-14(19-10-11-6-4-3-5-7-11)17(9-8-12(17)18)22-15(13)21-16/h3-7,13-15H,8-10H2,1-2H3/t13?,14-,15?,17-/m0/s1. The number of Topliss-reactive ketones (excluding diaryl/α,β-unsaturated/α-hetero) is 1. The van der Waals surface area contributed by atoms with Crippen molar-refractivity contribution in [2.45, 2.75) is 63.2 Å². The van der Waals surface area contributed by atoms with E-state index in [9.17, 15) is 4.79 Å². The number of fused-ring (bicyclic) bond motifs is 1. The zero-order valence-corrected chi connectivity index (χ0v) is 12.8. The molecule has 0 bridgehead atoms. The van der Waals surface area contributed by atoms with Crippen molar-refractivity contribution in [2.24, 2.45) is 0 Å². The van der Waals surface area contributed by atoms with Gasteiger partial charge in [-0.15, -0.1) is 0 Å². The minimum atomic E-state index is -0.874. The van der Waals surface area contributed by atoms with Gasteiger partial charge in [0.15, 0.2) is 23.5 Å². The molecule has 1 spiro atoms. The number of ether oxygens (including phenoxy) is 4. The molecule has 1 saturated carbocycles. The fourth-order valence-electron chi connectivity index (χ4n) is 3.48. The molecule has 3 aliphatic rings. The molecule has 3 fully saturated rings. The van der Waals surface area contributed by atoms with Gasteiger partial charge in [-0.3, -0.25) is 4.79 Å². The predicted octanol–water partition coefficient (Wildman–Crippen LogP) is 2.18. The average molecular weight is 304 g/mol. The highest BCUT2D eigenvalue weighted by atomic mass is 16.8. The Bertz CT molecular complexity index is 584. The summed E-state index contributed by atoms with van der Waals surface area (Å²) in [5.74, 6) is -0.622. The molecule has 1 aromatic carbocycles. The van der Waals surface area contributed by atoms with Gasteiger partial charge in [-0.1, -0.05) is 30.3 Å². The zero-order chi connectivity index (χ0) is 15.4. The first kappa shape index (κ1) is 14.3. The largest absolute Gasteiger partial charge is 0.367 e. The van der Waals surface area contributed by atoms with Gasteiger partial charge in [-0.05, 0) is 25.8 Å². The van der Waals surface area contributed by atoms with Crippen LogP contribution in [0.25, 0.3) is 0 Å². The Balaban J connectivity index is 1.55. The summed E-state index contributed by atoms with van der Waals surface area (Å²) in [6.07, 6.45) is -0.0943. The Morgan fingerprint density at radius 3 is 2.59 bits per heavy atom. The third-order valence-electron chi connectivity index (χ3n) is 4.64. The molecule has 2 heterocycles. The number of ketones is 1. The molecule has 0 radical (unpaired) electrons. The van der Waals surface area contributed by atoms with E-state index in [1.54, 1.807) is 0 Å². The lowest BCUT2D eigenvalue weighted by Gasteiger charge is -2.41. The summed E-state index contributed by atoms with van der Waals surface area (Å²) < 4.78 is 23.7. The molecule has 22 heavy (non-hydrogen) atoms. The van der Waals surface area contributed by atoms with Crippen LogP contribution in [0.5, 0.6) is 0 Å². The van der Waals surface area contributed by atoms with Gasteiger partial charge in [0.2, 0.25) is 0 Å². The summed E-state index contributed by atoms with van der Waals surface area (Å²) in [5, 5.41) is 0. The van der Waals surface area contributed by atoms with Crippen LogP contribution in [-0.2, 0) is 30.3 Å². The van der Waals surface area contributed by atoms with Gasteiger partial charge in [0.25, 0.3) is 0 Å². The highest BCUT2D eigenvalue weighted by Gasteiger charge is 2.68. The number of rotatable bonds is 3. The number of hydrogen-bond acceptors (Lipinski definition) is 5. The maximum atomic E-state index is 12.2. The third-order valence-corrected chi connectivity index (χ3v) is 4.64. The SMILES string of the molecule is CC1(C)OC2O[C@]3(CCC3=O)[C@@H](OCc3ccccc3)C2O1. The van der Waals surface area contributed by atoms with E-state index in [0.29, 0.717) is 19.4 Å². The van der Waals surface area contributed by atoms with E-state index in [1.165, 1.54) is 0 Å². The van der Waals surface area contributed by atoms with Gasteiger partial charge < -0.3 is 18.9 Å². The maximum absolute atomic E-state index is 12.2. The van der Waals surface area contributed by atoms with Crippen LogP contribution in [0.2, 0.25) is 0 Å². The molecule has 0 amide bonds. The molecule has 0 aromatic heterocycles. The van der Waals surface area contributed by atoms with Crippen molar-refractivity contribution >= 4 is 5.78 Å². The lowest BCUT2D eigenvalue weighted by atomic mass is 9.74. The Morgan fingerprint density at radius 1 is 1.18 bits per heavy atom. The average Bonchev–Trinajstić information content (AvgIpc) is 2.95. The number of hydrogen-bond donors (Lipinski definition) is 0. The van der Waals surface area contributed by atoms with Crippen LogP contribution in [0.15, 0.2) is 30.3 Å². The summed E-state index contributed by atoms with van der Waals surface area (Å²) in [7, 11) is 0. The van der Waals surface area contributed by atoms with Crippen LogP contribution in [0.3, 0.4) is 0 Å². The molecule has 4 rings (SSSR count). The molecule has 5 heteroatoms. The predicted molar refractivity (Wildman–Crippen MR) is 76.9 cm³/mol. The van der Waals surface area contributed by atoms with Crippen molar-refractivity contribution in [3.05, 3.63) is 35.9 Å². The van der Waals surface area contributed by atoms with Crippen molar-refractivity contribution in [3.8, 4) is 0 Å². The van der Waals surface area contributed by atoms with Gasteiger partial charge in [0.1, 0.15) is 12.2 Å². The molecule has 2 saturated heterocycles. The van der Waals surface area contributed by atoms with E-state index in [1.807, 2.05) is 44.2 Å². The maximum Gasteiger partial charge on any atom is 0.191 e. The quantitative estimate of drug-likeness (QED) is 0.856. The van der Waals surface area contributed by atoms with E-state index in [-0.39, 0.29) is 11.9 Å². The van der Waals surface area contributed by atoms with Crippen molar-refractivity contribution in [1.82, 2.24) is 0 Å². The van der Waals surface area contributed by atoms with Crippen LogP contribution in [0.4, 0.5) is 0 Å². The van der Waals surface area contributed by atoms with E-state index in [0.717, 1.165) is 5.56 Å². The molecule has 1 aromatic rings. The molecule has 0 N–H and O–H groups in total. The monoisotopic (exact) mass is 304 g/mol. The third kappa shape index (κ3) is 2.12. The molecule has 4 atom stereocenters. The molecular formula is C17H20O5. The molecule has 2 unspecified atom stereocenters. The van der Waals surface area contributed by atoms with Crippen LogP contribution in [0.1, 0.15) is 32.3 Å². The van der Waals surface area contributed by atoms with Crippen molar-refractivity contribution in [1.29, 1.82) is 0 Å². The molecule has 2 aliphatic heterocycles. The minimum Gasteiger partial charge on any atom is -0.367 e. The Labute approximate surface area is 129 Å². The van der Waals surface area contributed by atoms with Gasteiger partial charge in [-0.2, -0.15) is 0 Å².